The fourth-order valence-corrected chi connectivity index (χ4v) is 2.40. The number of carbonyl (C=O) groups is 2. The Morgan fingerprint density at radius 1 is 1.04 bits per heavy atom. The third-order valence-corrected chi connectivity index (χ3v) is 3.62. The summed E-state index contributed by atoms with van der Waals surface area (Å²) in [5.74, 6) is -1.41. The van der Waals surface area contributed by atoms with E-state index in [2.05, 4.69) is 5.32 Å². The van der Waals surface area contributed by atoms with E-state index in [9.17, 15) is 14.0 Å². The van der Waals surface area contributed by atoms with Crippen molar-refractivity contribution < 1.29 is 33.3 Å². The van der Waals surface area contributed by atoms with Crippen molar-refractivity contribution in [1.82, 2.24) is 0 Å². The van der Waals surface area contributed by atoms with Crippen LogP contribution in [0.15, 0.2) is 36.4 Å². The summed E-state index contributed by atoms with van der Waals surface area (Å²) in [6.45, 7) is 0. The summed E-state index contributed by atoms with van der Waals surface area (Å²) >= 11 is 0. The lowest BCUT2D eigenvalue weighted by molar-refractivity contribution is -0.111. The first kappa shape index (κ1) is 19.8. The number of anilines is 1. The number of carboxylic acid groups (broad SMARTS) is 1. The highest BCUT2D eigenvalue weighted by atomic mass is 19.1. The number of carboxylic acids is 1. The normalized spacial score (nSPS) is 10.5. The molecule has 0 spiro atoms. The fourth-order valence-electron chi connectivity index (χ4n) is 2.40. The van der Waals surface area contributed by atoms with Crippen molar-refractivity contribution in [2.45, 2.75) is 0 Å². The van der Waals surface area contributed by atoms with E-state index in [1.54, 1.807) is 12.1 Å². The minimum atomic E-state index is -1.28. The Hall–Kier alpha value is -3.55. The molecule has 0 aliphatic carbocycles. The van der Waals surface area contributed by atoms with Crippen LogP contribution in [0.4, 0.5) is 10.1 Å². The molecule has 0 heterocycles. The van der Waals surface area contributed by atoms with E-state index in [1.165, 1.54) is 33.5 Å². The van der Waals surface area contributed by atoms with Crippen molar-refractivity contribution >= 4 is 23.6 Å². The van der Waals surface area contributed by atoms with Gasteiger partial charge in [-0.3, -0.25) is 4.79 Å². The number of hydrogen-bond acceptors (Lipinski definition) is 5. The predicted octanol–water partition coefficient (Wildman–Crippen LogP) is 3.20. The first-order chi connectivity index (χ1) is 12.9. The molecule has 2 aromatic carbocycles. The molecule has 142 valence electrons. The summed E-state index contributed by atoms with van der Waals surface area (Å²) < 4.78 is 29.1. The van der Waals surface area contributed by atoms with Gasteiger partial charge in [0.25, 0.3) is 0 Å². The van der Waals surface area contributed by atoms with Gasteiger partial charge in [0.1, 0.15) is 5.82 Å². The number of benzene rings is 2. The number of halogens is 1. The number of aromatic carboxylic acids is 1. The van der Waals surface area contributed by atoms with Gasteiger partial charge < -0.3 is 24.6 Å². The van der Waals surface area contributed by atoms with Crippen molar-refractivity contribution in [3.63, 3.8) is 0 Å². The molecule has 0 aromatic heterocycles. The Morgan fingerprint density at radius 2 is 1.74 bits per heavy atom. The maximum Gasteiger partial charge on any atom is 0.337 e. The Bertz CT molecular complexity index is 894. The third kappa shape index (κ3) is 4.55. The number of hydrogen-bond donors (Lipinski definition) is 2. The van der Waals surface area contributed by atoms with Gasteiger partial charge in [-0.05, 0) is 36.4 Å². The van der Waals surface area contributed by atoms with E-state index in [4.69, 9.17) is 19.3 Å². The molecule has 2 rings (SSSR count). The maximum absolute atomic E-state index is 13.4. The molecule has 0 saturated heterocycles. The van der Waals surface area contributed by atoms with Crippen molar-refractivity contribution in [2.75, 3.05) is 26.6 Å². The molecule has 2 aromatic rings. The predicted molar refractivity (Wildman–Crippen MR) is 97.1 cm³/mol. The molecule has 0 fully saturated rings. The Labute approximate surface area is 155 Å². The lowest BCUT2D eigenvalue weighted by Crippen LogP contribution is -2.12. The zero-order valence-corrected chi connectivity index (χ0v) is 14.9. The van der Waals surface area contributed by atoms with Crippen LogP contribution in [-0.4, -0.2) is 38.3 Å². The quantitative estimate of drug-likeness (QED) is 0.722. The number of methoxy groups -OCH3 is 3. The lowest BCUT2D eigenvalue weighted by Gasteiger charge is -2.14. The minimum Gasteiger partial charge on any atom is -0.493 e. The van der Waals surface area contributed by atoms with Crippen molar-refractivity contribution in [2.24, 2.45) is 0 Å². The van der Waals surface area contributed by atoms with Crippen LogP contribution in [0.1, 0.15) is 15.9 Å². The zero-order valence-electron chi connectivity index (χ0n) is 14.9. The molecule has 0 bridgehead atoms. The molecular weight excluding hydrogens is 357 g/mol. The van der Waals surface area contributed by atoms with E-state index in [0.717, 1.165) is 18.2 Å². The Balaban J connectivity index is 2.28. The second-order valence-electron chi connectivity index (χ2n) is 5.24. The molecule has 1 amide bonds. The number of ether oxygens (including phenoxy) is 3. The minimum absolute atomic E-state index is 0.142. The van der Waals surface area contributed by atoms with Crippen LogP contribution in [0.2, 0.25) is 0 Å². The monoisotopic (exact) mass is 375 g/mol. The molecule has 8 heteroatoms. The maximum atomic E-state index is 13.4. The van der Waals surface area contributed by atoms with E-state index in [1.807, 2.05) is 0 Å². The first-order valence-electron chi connectivity index (χ1n) is 7.72. The smallest absolute Gasteiger partial charge is 0.337 e. The van der Waals surface area contributed by atoms with Crippen LogP contribution in [0.3, 0.4) is 0 Å². The number of carbonyl (C=O) groups excluding carboxylic acids is 1. The van der Waals surface area contributed by atoms with Gasteiger partial charge in [0.15, 0.2) is 11.5 Å². The average molecular weight is 375 g/mol. The number of nitrogens with one attached hydrogen (secondary N) is 1. The van der Waals surface area contributed by atoms with Gasteiger partial charge >= 0.3 is 5.97 Å². The number of rotatable bonds is 7. The Morgan fingerprint density at radius 3 is 2.33 bits per heavy atom. The zero-order chi connectivity index (χ0) is 20.0. The summed E-state index contributed by atoms with van der Waals surface area (Å²) in [6.07, 6.45) is 2.62. The summed E-state index contributed by atoms with van der Waals surface area (Å²) in [7, 11) is 4.39. The Kier molecular flexibility index (Phi) is 6.37. The molecule has 0 unspecified atom stereocenters. The standard InChI is InChI=1S/C19H18FNO6/c1-25-15-8-4-11(17(26-2)18(15)27-3)5-9-16(22)21-14-10-12(20)6-7-13(14)19(23)24/h4-10H,1-3H3,(H,21,22)(H,23,24). The molecular formula is C19H18FNO6. The van der Waals surface area contributed by atoms with Crippen molar-refractivity contribution in [3.05, 3.63) is 53.4 Å². The third-order valence-electron chi connectivity index (χ3n) is 3.62. The van der Waals surface area contributed by atoms with E-state index >= 15 is 0 Å². The molecule has 27 heavy (non-hydrogen) atoms. The lowest BCUT2D eigenvalue weighted by atomic mass is 10.1. The molecule has 0 aliphatic rings. The highest BCUT2D eigenvalue weighted by molar-refractivity contribution is 6.06. The van der Waals surface area contributed by atoms with Crippen LogP contribution in [0.25, 0.3) is 6.08 Å². The van der Waals surface area contributed by atoms with Gasteiger partial charge in [0, 0.05) is 11.6 Å². The van der Waals surface area contributed by atoms with Crippen LogP contribution in [-0.2, 0) is 4.79 Å². The van der Waals surface area contributed by atoms with E-state index < -0.39 is 17.7 Å². The van der Waals surface area contributed by atoms with Crippen molar-refractivity contribution in [3.8, 4) is 17.2 Å². The average Bonchev–Trinajstić information content (AvgIpc) is 2.65. The molecule has 0 aliphatic heterocycles. The van der Waals surface area contributed by atoms with Crippen LogP contribution < -0.4 is 19.5 Å². The van der Waals surface area contributed by atoms with Gasteiger partial charge in [-0.25, -0.2) is 9.18 Å². The molecule has 2 N–H and O–H groups in total. The largest absolute Gasteiger partial charge is 0.493 e. The topological polar surface area (TPSA) is 94.1 Å². The molecule has 0 radical (unpaired) electrons. The second-order valence-corrected chi connectivity index (χ2v) is 5.24. The second kappa shape index (κ2) is 8.70. The van der Waals surface area contributed by atoms with E-state index in [-0.39, 0.29) is 11.3 Å². The number of amides is 1. The van der Waals surface area contributed by atoms with Gasteiger partial charge in [0.05, 0.1) is 32.6 Å². The summed E-state index contributed by atoms with van der Waals surface area (Å²) in [6, 6.07) is 6.33. The molecule has 0 atom stereocenters. The first-order valence-corrected chi connectivity index (χ1v) is 7.72. The van der Waals surface area contributed by atoms with Gasteiger partial charge in [-0.15, -0.1) is 0 Å². The van der Waals surface area contributed by atoms with Crippen LogP contribution >= 0.6 is 0 Å². The summed E-state index contributed by atoms with van der Waals surface area (Å²) in [4.78, 5) is 23.3. The SMILES string of the molecule is COc1ccc(C=CC(=O)Nc2cc(F)ccc2C(=O)O)c(OC)c1OC. The van der Waals surface area contributed by atoms with Crippen LogP contribution in [0.5, 0.6) is 17.2 Å². The van der Waals surface area contributed by atoms with E-state index in [0.29, 0.717) is 22.8 Å². The van der Waals surface area contributed by atoms with Crippen molar-refractivity contribution in [1.29, 1.82) is 0 Å². The highest BCUT2D eigenvalue weighted by Gasteiger charge is 2.15. The van der Waals surface area contributed by atoms with Crippen LogP contribution in [0, 0.1) is 5.82 Å². The van der Waals surface area contributed by atoms with Gasteiger partial charge in [0.2, 0.25) is 11.7 Å². The molecule has 0 saturated carbocycles. The summed E-state index contributed by atoms with van der Waals surface area (Å²) in [5.41, 5.74) is 0.168. The van der Waals surface area contributed by atoms with Gasteiger partial charge in [-0.1, -0.05) is 0 Å². The fraction of sp³-hybridized carbons (Fsp3) is 0.158. The highest BCUT2D eigenvalue weighted by Crippen LogP contribution is 2.40. The van der Waals surface area contributed by atoms with Gasteiger partial charge in [-0.2, -0.15) is 0 Å². The summed E-state index contributed by atoms with van der Waals surface area (Å²) in [5, 5.41) is 11.5. The molecule has 7 nitrogen and oxygen atoms in total.